The zero-order valence-electron chi connectivity index (χ0n) is 15.7. The lowest BCUT2D eigenvalue weighted by Gasteiger charge is -2.30. The van der Waals surface area contributed by atoms with Crippen LogP contribution in [0.3, 0.4) is 0 Å². The number of nitrogens with zero attached hydrogens (tertiary/aromatic N) is 1. The second-order valence-corrected chi connectivity index (χ2v) is 9.06. The molecular weight excluding hydrogens is 402 g/mol. The molecule has 1 fully saturated rings. The van der Waals surface area contributed by atoms with Gasteiger partial charge in [-0.15, -0.1) is 0 Å². The zero-order chi connectivity index (χ0) is 20.3. The van der Waals surface area contributed by atoms with Gasteiger partial charge in [-0.05, 0) is 67.8 Å². The molecule has 0 atom stereocenters. The van der Waals surface area contributed by atoms with Gasteiger partial charge in [-0.1, -0.05) is 11.6 Å². The largest absolute Gasteiger partial charge is 0.497 e. The summed E-state index contributed by atoms with van der Waals surface area (Å²) in [5, 5.41) is 0.578. The highest BCUT2D eigenvalue weighted by atomic mass is 35.5. The Morgan fingerprint density at radius 1 is 1.11 bits per heavy atom. The second kappa shape index (κ2) is 8.51. The average Bonchev–Trinajstić information content (AvgIpc) is 2.70. The number of methoxy groups -OCH3 is 1. The van der Waals surface area contributed by atoms with Gasteiger partial charge in [0.25, 0.3) is 0 Å². The van der Waals surface area contributed by atoms with Crippen molar-refractivity contribution in [3.8, 4) is 11.5 Å². The fraction of sp³-hybridized carbons (Fsp3) is 0.350. The van der Waals surface area contributed by atoms with Gasteiger partial charge in [0.1, 0.15) is 11.5 Å². The molecule has 0 spiro atoms. The molecule has 6 nitrogen and oxygen atoms in total. The summed E-state index contributed by atoms with van der Waals surface area (Å²) >= 11 is 5.92. The maximum atomic E-state index is 12.8. The number of esters is 1. The predicted octanol–water partition coefficient (Wildman–Crippen LogP) is 3.66. The van der Waals surface area contributed by atoms with Crippen molar-refractivity contribution in [2.75, 3.05) is 20.2 Å². The number of piperidine rings is 1. The third-order valence-electron chi connectivity index (χ3n) is 4.83. The van der Waals surface area contributed by atoms with E-state index in [-0.39, 0.29) is 29.9 Å². The van der Waals surface area contributed by atoms with Gasteiger partial charge in [0.2, 0.25) is 10.0 Å². The molecular formula is C20H22ClNO5S. The molecule has 0 saturated carbocycles. The van der Waals surface area contributed by atoms with E-state index in [0.717, 1.165) is 5.56 Å². The number of carbonyl (C=O) groups is 1. The minimum Gasteiger partial charge on any atom is -0.497 e. The first kappa shape index (κ1) is 20.6. The molecule has 0 aromatic heterocycles. The van der Waals surface area contributed by atoms with E-state index in [1.165, 1.54) is 23.5 Å². The van der Waals surface area contributed by atoms with Crippen LogP contribution in [0.4, 0.5) is 0 Å². The van der Waals surface area contributed by atoms with E-state index in [1.54, 1.807) is 30.3 Å². The summed E-state index contributed by atoms with van der Waals surface area (Å²) in [6.45, 7) is 2.36. The van der Waals surface area contributed by atoms with Crippen molar-refractivity contribution in [1.29, 1.82) is 0 Å². The van der Waals surface area contributed by atoms with Gasteiger partial charge in [-0.2, -0.15) is 4.31 Å². The number of sulfonamides is 1. The lowest BCUT2D eigenvalue weighted by molar-refractivity contribution is -0.140. The highest BCUT2D eigenvalue weighted by Gasteiger charge is 2.33. The first-order valence-electron chi connectivity index (χ1n) is 8.93. The SMILES string of the molecule is COc1ccc(S(=O)(=O)N2CCC(C(=O)Oc3ccc(Cl)cc3C)CC2)cc1. The molecule has 3 rings (SSSR count). The van der Waals surface area contributed by atoms with Gasteiger partial charge in [0, 0.05) is 18.1 Å². The molecule has 1 saturated heterocycles. The van der Waals surface area contributed by atoms with Crippen LogP contribution in [0.15, 0.2) is 47.4 Å². The summed E-state index contributed by atoms with van der Waals surface area (Å²) in [6, 6.07) is 11.3. The molecule has 0 N–H and O–H groups in total. The molecule has 0 radical (unpaired) electrons. The van der Waals surface area contributed by atoms with Crippen molar-refractivity contribution in [3.63, 3.8) is 0 Å². The van der Waals surface area contributed by atoms with E-state index in [9.17, 15) is 13.2 Å². The molecule has 28 heavy (non-hydrogen) atoms. The van der Waals surface area contributed by atoms with Gasteiger partial charge in [-0.3, -0.25) is 4.79 Å². The van der Waals surface area contributed by atoms with Crippen LogP contribution >= 0.6 is 11.6 Å². The van der Waals surface area contributed by atoms with Gasteiger partial charge < -0.3 is 9.47 Å². The molecule has 1 aliphatic heterocycles. The van der Waals surface area contributed by atoms with Crippen LogP contribution in [0.1, 0.15) is 18.4 Å². The number of ether oxygens (including phenoxy) is 2. The quantitative estimate of drug-likeness (QED) is 0.542. The molecule has 1 aliphatic rings. The average molecular weight is 424 g/mol. The Hall–Kier alpha value is -2.09. The number of rotatable bonds is 5. The number of aryl methyl sites for hydroxylation is 1. The highest BCUT2D eigenvalue weighted by Crippen LogP contribution is 2.28. The summed E-state index contributed by atoms with van der Waals surface area (Å²) in [5.41, 5.74) is 0.778. The Balaban J connectivity index is 1.62. The Kier molecular flexibility index (Phi) is 6.27. The number of benzene rings is 2. The standard InChI is InChI=1S/C20H22ClNO5S/c1-14-13-16(21)3-8-19(14)27-20(23)15-9-11-22(12-10-15)28(24,25)18-6-4-17(26-2)5-7-18/h3-8,13,15H,9-12H2,1-2H3. The van der Waals surface area contributed by atoms with Crippen LogP contribution in [0, 0.1) is 12.8 Å². The topological polar surface area (TPSA) is 72.9 Å². The maximum Gasteiger partial charge on any atom is 0.314 e. The molecule has 150 valence electrons. The third kappa shape index (κ3) is 4.48. The lowest BCUT2D eigenvalue weighted by atomic mass is 9.98. The number of carbonyl (C=O) groups excluding carboxylic acids is 1. The molecule has 0 aliphatic carbocycles. The molecule has 2 aromatic carbocycles. The van der Waals surface area contributed by atoms with Crippen LogP contribution in [0.25, 0.3) is 0 Å². The normalized spacial score (nSPS) is 16.0. The minimum absolute atomic E-state index is 0.214. The van der Waals surface area contributed by atoms with E-state index in [0.29, 0.717) is 29.4 Å². The first-order valence-corrected chi connectivity index (χ1v) is 10.7. The van der Waals surface area contributed by atoms with Crippen LogP contribution in [0.5, 0.6) is 11.5 Å². The summed E-state index contributed by atoms with van der Waals surface area (Å²) < 4.78 is 37.5. The number of hydrogen-bond acceptors (Lipinski definition) is 5. The molecule has 1 heterocycles. The zero-order valence-corrected chi connectivity index (χ0v) is 17.3. The highest BCUT2D eigenvalue weighted by molar-refractivity contribution is 7.89. The van der Waals surface area contributed by atoms with Crippen molar-refractivity contribution < 1.29 is 22.7 Å². The van der Waals surface area contributed by atoms with Gasteiger partial charge in [0.15, 0.2) is 0 Å². The smallest absolute Gasteiger partial charge is 0.314 e. The van der Waals surface area contributed by atoms with Crippen molar-refractivity contribution in [2.45, 2.75) is 24.7 Å². The van der Waals surface area contributed by atoms with Gasteiger partial charge in [0.05, 0.1) is 17.9 Å². The number of halogens is 1. The predicted molar refractivity (Wildman–Crippen MR) is 106 cm³/mol. The van der Waals surface area contributed by atoms with Crippen LogP contribution < -0.4 is 9.47 Å². The molecule has 8 heteroatoms. The van der Waals surface area contributed by atoms with E-state index in [2.05, 4.69) is 0 Å². The minimum atomic E-state index is -3.60. The van der Waals surface area contributed by atoms with Crippen LogP contribution in [-0.2, 0) is 14.8 Å². The monoisotopic (exact) mass is 423 g/mol. The van der Waals surface area contributed by atoms with Gasteiger partial charge >= 0.3 is 5.97 Å². The fourth-order valence-electron chi connectivity index (χ4n) is 3.15. The van der Waals surface area contributed by atoms with Crippen molar-refractivity contribution in [1.82, 2.24) is 4.31 Å². The summed E-state index contributed by atoms with van der Waals surface area (Å²) in [4.78, 5) is 12.7. The Labute approximate surface area is 170 Å². The van der Waals surface area contributed by atoms with Gasteiger partial charge in [-0.25, -0.2) is 8.42 Å². The second-order valence-electron chi connectivity index (χ2n) is 6.68. The van der Waals surface area contributed by atoms with E-state index in [4.69, 9.17) is 21.1 Å². The van der Waals surface area contributed by atoms with Crippen molar-refractivity contribution in [2.24, 2.45) is 5.92 Å². The first-order chi connectivity index (χ1) is 13.3. The molecule has 0 amide bonds. The Morgan fingerprint density at radius 2 is 1.75 bits per heavy atom. The summed E-state index contributed by atoms with van der Waals surface area (Å²) in [6.07, 6.45) is 0.835. The fourth-order valence-corrected chi connectivity index (χ4v) is 4.84. The van der Waals surface area contributed by atoms with Crippen molar-refractivity contribution in [3.05, 3.63) is 53.1 Å². The van der Waals surface area contributed by atoms with E-state index in [1.807, 2.05) is 6.92 Å². The molecule has 2 aromatic rings. The lowest BCUT2D eigenvalue weighted by Crippen LogP contribution is -2.41. The van der Waals surface area contributed by atoms with E-state index < -0.39 is 10.0 Å². The summed E-state index contributed by atoms with van der Waals surface area (Å²) in [7, 11) is -2.07. The Morgan fingerprint density at radius 3 is 2.32 bits per heavy atom. The maximum absolute atomic E-state index is 12.8. The molecule has 0 unspecified atom stereocenters. The number of hydrogen-bond donors (Lipinski definition) is 0. The Bertz CT molecular complexity index is 951. The van der Waals surface area contributed by atoms with E-state index >= 15 is 0 Å². The van der Waals surface area contributed by atoms with Crippen LogP contribution in [0.2, 0.25) is 5.02 Å². The van der Waals surface area contributed by atoms with Crippen LogP contribution in [-0.4, -0.2) is 38.9 Å². The molecule has 0 bridgehead atoms. The van der Waals surface area contributed by atoms with Crippen molar-refractivity contribution >= 4 is 27.6 Å². The summed E-state index contributed by atoms with van der Waals surface area (Å²) in [5.74, 6) is 0.393. The third-order valence-corrected chi connectivity index (χ3v) is 6.98.